The monoisotopic (exact) mass is 541 g/mol. The minimum absolute atomic E-state index is 0.00358. The first-order valence-corrected chi connectivity index (χ1v) is 12.9. The molecule has 0 radical (unpaired) electrons. The number of fused-ring (bicyclic) bond motifs is 4. The zero-order valence-corrected chi connectivity index (χ0v) is 20.8. The summed E-state index contributed by atoms with van der Waals surface area (Å²) in [7, 11) is 0. The molecule has 3 aliphatic rings. The molecule has 0 spiro atoms. The fourth-order valence-corrected chi connectivity index (χ4v) is 6.19. The van der Waals surface area contributed by atoms with Crippen molar-refractivity contribution in [1.82, 2.24) is 15.2 Å². The summed E-state index contributed by atoms with van der Waals surface area (Å²) < 4.78 is 33.3. The molecule has 35 heavy (non-hydrogen) atoms. The molecule has 2 aliphatic heterocycles. The number of nitrogens with zero attached hydrogens (tertiary/aromatic N) is 2. The van der Waals surface area contributed by atoms with E-state index in [1.807, 2.05) is 0 Å². The van der Waals surface area contributed by atoms with Gasteiger partial charge in [-0.2, -0.15) is 0 Å². The Morgan fingerprint density at radius 1 is 1.23 bits per heavy atom. The Labute approximate surface area is 214 Å². The second-order valence-corrected chi connectivity index (χ2v) is 10.9. The highest BCUT2D eigenvalue weighted by Gasteiger charge is 2.41. The molecule has 2 aromatic carbocycles. The average Bonchev–Trinajstić information content (AvgIpc) is 3.24. The van der Waals surface area contributed by atoms with Crippen molar-refractivity contribution >= 4 is 50.7 Å². The SMILES string of the molecule is O=C(COc1ccc(Cl)c(F)c1)NC1CC2CCC1CN2C[C@H](O)c1nc2cc(Cl)c(F)cc2s1. The van der Waals surface area contributed by atoms with E-state index >= 15 is 0 Å². The van der Waals surface area contributed by atoms with Gasteiger partial charge in [0.05, 0.1) is 20.3 Å². The summed E-state index contributed by atoms with van der Waals surface area (Å²) in [6.45, 7) is 0.962. The maximum absolute atomic E-state index is 13.7. The molecule has 1 saturated carbocycles. The van der Waals surface area contributed by atoms with Crippen molar-refractivity contribution in [2.45, 2.75) is 37.5 Å². The lowest BCUT2D eigenvalue weighted by Gasteiger charge is -2.50. The third kappa shape index (κ3) is 5.39. The van der Waals surface area contributed by atoms with Gasteiger partial charge in [-0.1, -0.05) is 23.2 Å². The Kier molecular flexibility index (Phi) is 7.14. The van der Waals surface area contributed by atoms with Crippen LogP contribution in [0.1, 0.15) is 30.4 Å². The molecule has 2 saturated heterocycles. The third-order valence-corrected chi connectivity index (χ3v) is 8.41. The number of halogens is 4. The summed E-state index contributed by atoms with van der Waals surface area (Å²) in [5.41, 5.74) is 0.571. The van der Waals surface area contributed by atoms with Crippen molar-refractivity contribution < 1.29 is 23.4 Å². The number of benzene rings is 2. The van der Waals surface area contributed by atoms with E-state index in [1.165, 1.54) is 35.6 Å². The van der Waals surface area contributed by atoms with Gasteiger partial charge in [-0.25, -0.2) is 13.8 Å². The molecule has 1 amide bonds. The number of thiazole rings is 1. The van der Waals surface area contributed by atoms with Gasteiger partial charge >= 0.3 is 0 Å². The summed E-state index contributed by atoms with van der Waals surface area (Å²) in [6.07, 6.45) is 1.96. The number of ether oxygens (including phenoxy) is 1. The van der Waals surface area contributed by atoms with Crippen LogP contribution in [0.3, 0.4) is 0 Å². The molecule has 6 nitrogen and oxygen atoms in total. The molecular formula is C24H23Cl2F2N3O3S. The van der Waals surface area contributed by atoms with Crippen molar-refractivity contribution in [3.63, 3.8) is 0 Å². The molecule has 3 aromatic rings. The van der Waals surface area contributed by atoms with E-state index in [-0.39, 0.29) is 46.3 Å². The molecule has 6 rings (SSSR count). The molecule has 1 aromatic heterocycles. The van der Waals surface area contributed by atoms with Gasteiger partial charge in [-0.05, 0) is 49.4 Å². The lowest BCUT2D eigenvalue weighted by atomic mass is 9.76. The highest BCUT2D eigenvalue weighted by atomic mass is 35.5. The Bertz CT molecular complexity index is 1220. The Morgan fingerprint density at radius 2 is 2.03 bits per heavy atom. The van der Waals surface area contributed by atoms with Gasteiger partial charge in [0, 0.05) is 31.2 Å². The summed E-state index contributed by atoms with van der Waals surface area (Å²) in [5, 5.41) is 14.4. The minimum Gasteiger partial charge on any atom is -0.484 e. The van der Waals surface area contributed by atoms with Crippen molar-refractivity contribution in [3.05, 3.63) is 57.0 Å². The second kappa shape index (κ2) is 10.1. The van der Waals surface area contributed by atoms with E-state index in [9.17, 15) is 18.7 Å². The zero-order chi connectivity index (χ0) is 24.7. The molecule has 186 valence electrons. The fourth-order valence-electron chi connectivity index (χ4n) is 4.96. The maximum atomic E-state index is 13.7. The number of aliphatic hydroxyl groups is 1. The van der Waals surface area contributed by atoms with Crippen LogP contribution in [0.4, 0.5) is 8.78 Å². The van der Waals surface area contributed by atoms with Gasteiger partial charge in [-0.3, -0.25) is 9.69 Å². The van der Waals surface area contributed by atoms with E-state index in [0.717, 1.165) is 31.9 Å². The van der Waals surface area contributed by atoms with Gasteiger partial charge in [0.25, 0.3) is 5.91 Å². The number of carbonyl (C=O) groups excluding carboxylic acids is 1. The van der Waals surface area contributed by atoms with Crippen LogP contribution >= 0.6 is 34.5 Å². The molecule has 3 fully saturated rings. The number of hydrogen-bond donors (Lipinski definition) is 2. The number of carbonyl (C=O) groups is 1. The Morgan fingerprint density at radius 3 is 2.77 bits per heavy atom. The van der Waals surface area contributed by atoms with E-state index in [1.54, 1.807) is 0 Å². The predicted octanol–water partition coefficient (Wildman–Crippen LogP) is 4.96. The Balaban J connectivity index is 1.15. The van der Waals surface area contributed by atoms with Crippen LogP contribution in [0.25, 0.3) is 10.2 Å². The largest absolute Gasteiger partial charge is 0.484 e. The smallest absolute Gasteiger partial charge is 0.258 e. The van der Waals surface area contributed by atoms with Gasteiger partial charge in [0.15, 0.2) is 6.61 Å². The first kappa shape index (κ1) is 24.6. The highest BCUT2D eigenvalue weighted by molar-refractivity contribution is 7.18. The van der Waals surface area contributed by atoms with Crippen LogP contribution in [0.5, 0.6) is 5.75 Å². The lowest BCUT2D eigenvalue weighted by Crippen LogP contribution is -2.59. The van der Waals surface area contributed by atoms with E-state index < -0.39 is 17.7 Å². The molecule has 11 heteroatoms. The predicted molar refractivity (Wildman–Crippen MR) is 131 cm³/mol. The number of rotatable bonds is 7. The third-order valence-electron chi connectivity index (χ3n) is 6.70. The molecule has 3 unspecified atom stereocenters. The summed E-state index contributed by atoms with van der Waals surface area (Å²) >= 11 is 12.8. The van der Waals surface area contributed by atoms with Crippen LogP contribution in [0, 0.1) is 17.6 Å². The lowest BCUT2D eigenvalue weighted by molar-refractivity contribution is -0.125. The van der Waals surface area contributed by atoms with Crippen LogP contribution in [-0.2, 0) is 4.79 Å². The maximum Gasteiger partial charge on any atom is 0.258 e. The average molecular weight is 542 g/mol. The quantitative estimate of drug-likeness (QED) is 0.442. The molecule has 1 aliphatic carbocycles. The Hall–Kier alpha value is -2.04. The standard InChI is InChI=1S/C24H23Cl2F2N3O3S/c25-15-4-3-14(6-17(15)27)34-11-23(33)29-19-5-13-2-1-12(19)9-31(13)10-21(32)24-30-20-7-16(26)18(28)8-22(20)35-24/h3-4,6-8,12-13,19,21,32H,1-2,5,9-11H2,(H,29,33)/t12?,13?,19?,21-/m0/s1. The molecule has 4 atom stereocenters. The van der Waals surface area contributed by atoms with Gasteiger partial charge < -0.3 is 15.2 Å². The van der Waals surface area contributed by atoms with Gasteiger partial charge in [0.1, 0.15) is 28.5 Å². The summed E-state index contributed by atoms with van der Waals surface area (Å²) in [6, 6.07) is 7.12. The number of nitrogens with one attached hydrogen (secondary N) is 1. The van der Waals surface area contributed by atoms with Crippen LogP contribution in [0.2, 0.25) is 10.0 Å². The molecule has 2 N–H and O–H groups in total. The fraction of sp³-hybridized carbons (Fsp3) is 0.417. The van der Waals surface area contributed by atoms with E-state index in [2.05, 4.69) is 15.2 Å². The van der Waals surface area contributed by atoms with Crippen molar-refractivity contribution in [2.24, 2.45) is 5.92 Å². The van der Waals surface area contributed by atoms with Crippen molar-refractivity contribution in [3.8, 4) is 5.75 Å². The number of hydrogen-bond acceptors (Lipinski definition) is 6. The highest BCUT2D eigenvalue weighted by Crippen LogP contribution is 2.37. The van der Waals surface area contributed by atoms with Crippen molar-refractivity contribution in [1.29, 1.82) is 0 Å². The van der Waals surface area contributed by atoms with Crippen LogP contribution in [0.15, 0.2) is 30.3 Å². The normalized spacial score (nSPS) is 22.9. The molecule has 2 bridgehead atoms. The first-order valence-electron chi connectivity index (χ1n) is 11.3. The van der Waals surface area contributed by atoms with E-state index in [4.69, 9.17) is 27.9 Å². The van der Waals surface area contributed by atoms with Crippen LogP contribution < -0.4 is 10.1 Å². The minimum atomic E-state index is -0.796. The van der Waals surface area contributed by atoms with E-state index in [0.29, 0.717) is 21.8 Å². The van der Waals surface area contributed by atoms with Gasteiger partial charge in [0.2, 0.25) is 0 Å². The molecule has 3 heterocycles. The second-order valence-electron chi connectivity index (χ2n) is 9.02. The molecular weight excluding hydrogens is 519 g/mol. The van der Waals surface area contributed by atoms with Crippen LogP contribution in [-0.4, -0.2) is 52.7 Å². The number of aromatic nitrogens is 1. The summed E-state index contributed by atoms with van der Waals surface area (Å²) in [4.78, 5) is 19.1. The van der Waals surface area contributed by atoms with Crippen molar-refractivity contribution in [2.75, 3.05) is 19.7 Å². The number of aliphatic hydroxyl groups excluding tert-OH is 1. The zero-order valence-electron chi connectivity index (χ0n) is 18.5. The topological polar surface area (TPSA) is 74.7 Å². The number of amides is 1. The first-order chi connectivity index (χ1) is 16.8. The summed E-state index contributed by atoms with van der Waals surface area (Å²) in [5.74, 6) is -0.862. The number of piperidine rings is 2. The van der Waals surface area contributed by atoms with Gasteiger partial charge in [-0.15, -0.1) is 11.3 Å².